The predicted octanol–water partition coefficient (Wildman–Crippen LogP) is 5.90. The van der Waals surface area contributed by atoms with Gasteiger partial charge in [-0.05, 0) is 35.7 Å². The van der Waals surface area contributed by atoms with Gasteiger partial charge < -0.3 is 9.64 Å². The first kappa shape index (κ1) is 23.7. The van der Waals surface area contributed by atoms with Crippen molar-refractivity contribution in [1.29, 1.82) is 0 Å². The lowest BCUT2D eigenvalue weighted by atomic mass is 10.0. The minimum absolute atomic E-state index is 0.0126. The van der Waals surface area contributed by atoms with E-state index in [1.807, 2.05) is 12.1 Å². The summed E-state index contributed by atoms with van der Waals surface area (Å²) in [6.45, 7) is 3.08. The minimum Gasteiger partial charge on any atom is -0.449 e. The van der Waals surface area contributed by atoms with Crippen molar-refractivity contribution in [2.75, 3.05) is 32.8 Å². The second-order valence-corrected chi connectivity index (χ2v) is 8.20. The number of nitrogens with zero attached hydrogens (tertiary/aromatic N) is 2. The maximum atomic E-state index is 13.1. The molecule has 0 bridgehead atoms. The number of halogens is 5. The maximum absolute atomic E-state index is 13.1. The van der Waals surface area contributed by atoms with Crippen LogP contribution in [0, 0.1) is 0 Å². The highest BCUT2D eigenvalue weighted by molar-refractivity contribution is 6.42. The van der Waals surface area contributed by atoms with Crippen LogP contribution in [0.3, 0.4) is 0 Å². The largest absolute Gasteiger partial charge is 0.449 e. The molecule has 31 heavy (non-hydrogen) atoms. The number of carbonyl (C=O) groups is 1. The molecule has 0 aromatic heterocycles. The second-order valence-electron chi connectivity index (χ2n) is 7.38. The topological polar surface area (TPSA) is 32.8 Å². The first-order valence-corrected chi connectivity index (χ1v) is 10.7. The Balaban J connectivity index is 1.48. The van der Waals surface area contributed by atoms with E-state index in [2.05, 4.69) is 4.90 Å². The quantitative estimate of drug-likeness (QED) is 0.540. The molecule has 2 aromatic rings. The summed E-state index contributed by atoms with van der Waals surface area (Å²) in [6, 6.07) is 10.8. The van der Waals surface area contributed by atoms with E-state index in [0.717, 1.165) is 24.6 Å². The molecular formula is C22H23Cl2F3N2O2. The summed E-state index contributed by atoms with van der Waals surface area (Å²) in [5.41, 5.74) is 0.457. The fourth-order valence-corrected chi connectivity index (χ4v) is 3.88. The lowest BCUT2D eigenvalue weighted by Gasteiger charge is -2.22. The number of benzene rings is 2. The summed E-state index contributed by atoms with van der Waals surface area (Å²) in [7, 11) is 0. The first-order valence-electron chi connectivity index (χ1n) is 9.97. The van der Waals surface area contributed by atoms with Crippen LogP contribution in [0.1, 0.15) is 23.1 Å². The fourth-order valence-electron chi connectivity index (χ4n) is 3.56. The third-order valence-electron chi connectivity index (χ3n) is 5.16. The van der Waals surface area contributed by atoms with Gasteiger partial charge in [-0.1, -0.05) is 47.5 Å². The van der Waals surface area contributed by atoms with Crippen molar-refractivity contribution in [2.45, 2.75) is 25.6 Å². The molecule has 0 radical (unpaired) electrons. The van der Waals surface area contributed by atoms with Crippen LogP contribution in [-0.4, -0.2) is 48.7 Å². The maximum Gasteiger partial charge on any atom is 0.416 e. The Morgan fingerprint density at radius 3 is 2.52 bits per heavy atom. The molecule has 1 aliphatic rings. The van der Waals surface area contributed by atoms with Gasteiger partial charge in [0.05, 0.1) is 22.2 Å². The third-order valence-corrected chi connectivity index (χ3v) is 5.90. The van der Waals surface area contributed by atoms with Gasteiger partial charge in [-0.3, -0.25) is 4.90 Å². The average molecular weight is 475 g/mol. The van der Waals surface area contributed by atoms with Crippen LogP contribution >= 0.6 is 23.2 Å². The molecule has 1 aliphatic heterocycles. The highest BCUT2D eigenvalue weighted by Gasteiger charge is 2.32. The molecular weight excluding hydrogens is 452 g/mol. The van der Waals surface area contributed by atoms with Crippen molar-refractivity contribution < 1.29 is 22.7 Å². The third kappa shape index (κ3) is 6.76. The summed E-state index contributed by atoms with van der Waals surface area (Å²) >= 11 is 12.0. The van der Waals surface area contributed by atoms with Crippen molar-refractivity contribution in [2.24, 2.45) is 0 Å². The monoisotopic (exact) mass is 474 g/mol. The van der Waals surface area contributed by atoms with Crippen molar-refractivity contribution in [1.82, 2.24) is 9.80 Å². The molecule has 1 saturated heterocycles. The van der Waals surface area contributed by atoms with Gasteiger partial charge >= 0.3 is 12.3 Å². The van der Waals surface area contributed by atoms with E-state index in [1.165, 1.54) is 12.1 Å². The molecule has 0 N–H and O–H groups in total. The number of alkyl halides is 3. The van der Waals surface area contributed by atoms with Gasteiger partial charge in [0.25, 0.3) is 0 Å². The van der Waals surface area contributed by atoms with Crippen molar-refractivity contribution in [3.05, 3.63) is 69.2 Å². The zero-order valence-electron chi connectivity index (χ0n) is 16.8. The van der Waals surface area contributed by atoms with E-state index in [-0.39, 0.29) is 18.6 Å². The van der Waals surface area contributed by atoms with Crippen LogP contribution < -0.4 is 0 Å². The zero-order valence-corrected chi connectivity index (χ0v) is 18.3. The van der Waals surface area contributed by atoms with Gasteiger partial charge in [0.1, 0.15) is 0 Å². The van der Waals surface area contributed by atoms with Crippen LogP contribution in [0.5, 0.6) is 0 Å². The highest BCUT2D eigenvalue weighted by Crippen LogP contribution is 2.32. The normalized spacial score (nSPS) is 15.6. The van der Waals surface area contributed by atoms with Crippen LogP contribution in [-0.2, 0) is 23.9 Å². The number of amides is 1. The molecule has 9 heteroatoms. The molecule has 0 atom stereocenters. The van der Waals surface area contributed by atoms with Crippen LogP contribution in [0.25, 0.3) is 0 Å². The lowest BCUT2D eigenvalue weighted by Crippen LogP contribution is -2.35. The van der Waals surface area contributed by atoms with Crippen molar-refractivity contribution in [3.8, 4) is 0 Å². The lowest BCUT2D eigenvalue weighted by molar-refractivity contribution is -0.138. The molecule has 168 valence electrons. The smallest absolute Gasteiger partial charge is 0.416 e. The highest BCUT2D eigenvalue weighted by atomic mass is 35.5. The molecule has 1 amide bonds. The molecule has 3 rings (SSSR count). The standard InChI is InChI=1S/C22H23Cl2F3N2O2/c23-19-7-6-16(14-20(19)24)15-28-9-3-10-29(12-11-28)21(30)31-13-8-17-4-1-2-5-18(17)22(25,26)27/h1-2,4-7,14H,3,8-13,15H2. The molecule has 2 aromatic carbocycles. The average Bonchev–Trinajstić information content (AvgIpc) is 2.96. The van der Waals surface area contributed by atoms with E-state index < -0.39 is 17.8 Å². The minimum atomic E-state index is -4.43. The Labute approximate surface area is 189 Å². The first-order chi connectivity index (χ1) is 14.7. The number of rotatable bonds is 5. The van der Waals surface area contributed by atoms with E-state index in [1.54, 1.807) is 17.0 Å². The van der Waals surface area contributed by atoms with Crippen molar-refractivity contribution in [3.63, 3.8) is 0 Å². The van der Waals surface area contributed by atoms with Gasteiger partial charge in [-0.15, -0.1) is 0 Å². The summed E-state index contributed by atoms with van der Waals surface area (Å²) in [5.74, 6) is 0. The van der Waals surface area contributed by atoms with Gasteiger partial charge in [0, 0.05) is 39.1 Å². The summed E-state index contributed by atoms with van der Waals surface area (Å²) in [6.07, 6.45) is -4.14. The molecule has 0 saturated carbocycles. The van der Waals surface area contributed by atoms with E-state index in [0.29, 0.717) is 36.2 Å². The zero-order chi connectivity index (χ0) is 22.4. The Kier molecular flexibility index (Phi) is 8.08. The predicted molar refractivity (Wildman–Crippen MR) is 114 cm³/mol. The molecule has 0 unspecified atom stereocenters. The molecule has 1 heterocycles. The Morgan fingerprint density at radius 1 is 1.00 bits per heavy atom. The molecule has 0 aliphatic carbocycles. The Morgan fingerprint density at radius 2 is 1.77 bits per heavy atom. The Hall–Kier alpha value is -1.96. The summed E-state index contributed by atoms with van der Waals surface area (Å²) in [5, 5.41) is 1.01. The van der Waals surface area contributed by atoms with E-state index >= 15 is 0 Å². The van der Waals surface area contributed by atoms with E-state index in [4.69, 9.17) is 27.9 Å². The fraction of sp³-hybridized carbons (Fsp3) is 0.409. The van der Waals surface area contributed by atoms with Crippen LogP contribution in [0.4, 0.5) is 18.0 Å². The number of carbonyl (C=O) groups excluding carboxylic acids is 1. The number of hydrogen-bond acceptors (Lipinski definition) is 3. The summed E-state index contributed by atoms with van der Waals surface area (Å²) in [4.78, 5) is 16.2. The number of hydrogen-bond donors (Lipinski definition) is 0. The van der Waals surface area contributed by atoms with Gasteiger partial charge in [-0.25, -0.2) is 4.79 Å². The molecule has 0 spiro atoms. The van der Waals surface area contributed by atoms with Crippen LogP contribution in [0.15, 0.2) is 42.5 Å². The van der Waals surface area contributed by atoms with Gasteiger partial charge in [-0.2, -0.15) is 13.2 Å². The SMILES string of the molecule is O=C(OCCc1ccccc1C(F)(F)F)N1CCCN(Cc2ccc(Cl)c(Cl)c2)CC1. The van der Waals surface area contributed by atoms with Gasteiger partial charge in [0.15, 0.2) is 0 Å². The second kappa shape index (κ2) is 10.6. The van der Waals surface area contributed by atoms with Crippen LogP contribution in [0.2, 0.25) is 10.0 Å². The van der Waals surface area contributed by atoms with E-state index in [9.17, 15) is 18.0 Å². The molecule has 4 nitrogen and oxygen atoms in total. The van der Waals surface area contributed by atoms with Gasteiger partial charge in [0.2, 0.25) is 0 Å². The Bertz CT molecular complexity index is 909. The van der Waals surface area contributed by atoms with Crippen molar-refractivity contribution >= 4 is 29.3 Å². The summed E-state index contributed by atoms with van der Waals surface area (Å²) < 4.78 is 44.5. The molecule has 1 fully saturated rings. The number of ether oxygens (including phenoxy) is 1.